The lowest BCUT2D eigenvalue weighted by atomic mass is 10.0. The molecule has 0 radical (unpaired) electrons. The minimum atomic E-state index is -0.108. The molecule has 0 aliphatic rings. The summed E-state index contributed by atoms with van der Waals surface area (Å²) in [6, 6.07) is -0.108. The van der Waals surface area contributed by atoms with Gasteiger partial charge in [0.2, 0.25) is 0 Å². The van der Waals surface area contributed by atoms with Crippen LogP contribution in [-0.2, 0) is 4.74 Å². The Kier molecular flexibility index (Phi) is 5.17. The molecule has 1 aromatic rings. The number of methoxy groups -OCH3 is 1. The van der Waals surface area contributed by atoms with Gasteiger partial charge in [0.25, 0.3) is 0 Å². The van der Waals surface area contributed by atoms with Crippen molar-refractivity contribution in [3.05, 3.63) is 24.3 Å². The van der Waals surface area contributed by atoms with Crippen molar-refractivity contribution in [3.63, 3.8) is 0 Å². The van der Waals surface area contributed by atoms with Gasteiger partial charge in [-0.2, -0.15) is 0 Å². The zero-order valence-electron chi connectivity index (χ0n) is 9.18. The maximum absolute atomic E-state index is 5.51. The summed E-state index contributed by atoms with van der Waals surface area (Å²) in [7, 11) is 1.68. The molecule has 1 rings (SSSR count). The van der Waals surface area contributed by atoms with Gasteiger partial charge < -0.3 is 4.74 Å². The van der Waals surface area contributed by atoms with Gasteiger partial charge >= 0.3 is 0 Å². The van der Waals surface area contributed by atoms with E-state index in [1.54, 1.807) is 25.7 Å². The van der Waals surface area contributed by atoms with E-state index in [0.717, 1.165) is 18.5 Å². The van der Waals surface area contributed by atoms with Gasteiger partial charge in [-0.25, -0.2) is 5.43 Å². The van der Waals surface area contributed by atoms with Crippen molar-refractivity contribution < 1.29 is 4.74 Å². The van der Waals surface area contributed by atoms with Crippen LogP contribution in [0.5, 0.6) is 0 Å². The average molecular weight is 210 g/mol. The van der Waals surface area contributed by atoms with Crippen LogP contribution in [0.2, 0.25) is 0 Å². The zero-order valence-corrected chi connectivity index (χ0v) is 9.18. The Morgan fingerprint density at radius 3 is 2.80 bits per heavy atom. The topological polar surface area (TPSA) is 73.1 Å². The van der Waals surface area contributed by atoms with Crippen LogP contribution in [0, 0.1) is 0 Å². The molecule has 5 heteroatoms. The molecule has 0 saturated carbocycles. The highest BCUT2D eigenvalue weighted by Crippen LogP contribution is 2.18. The summed E-state index contributed by atoms with van der Waals surface area (Å²) in [5.74, 6) is 5.51. The normalized spacial score (nSPS) is 14.9. The first-order valence-corrected chi connectivity index (χ1v) is 5.08. The average Bonchev–Trinajstić information content (AvgIpc) is 2.30. The maximum atomic E-state index is 5.51. The molecule has 2 atom stereocenters. The predicted molar refractivity (Wildman–Crippen MR) is 57.8 cm³/mol. The monoisotopic (exact) mass is 210 g/mol. The third kappa shape index (κ3) is 3.23. The van der Waals surface area contributed by atoms with Gasteiger partial charge in [-0.15, -0.1) is 0 Å². The van der Waals surface area contributed by atoms with Gasteiger partial charge in [-0.05, 0) is 6.42 Å². The first-order chi connectivity index (χ1) is 7.33. The molecule has 0 aromatic carbocycles. The van der Waals surface area contributed by atoms with E-state index in [1.165, 1.54) is 0 Å². The summed E-state index contributed by atoms with van der Waals surface area (Å²) in [5, 5.41) is 0. The molecule has 15 heavy (non-hydrogen) atoms. The second kappa shape index (κ2) is 6.44. The van der Waals surface area contributed by atoms with Gasteiger partial charge in [0, 0.05) is 19.5 Å². The molecule has 0 amide bonds. The van der Waals surface area contributed by atoms with Crippen molar-refractivity contribution in [1.82, 2.24) is 15.4 Å². The molecule has 5 nitrogen and oxygen atoms in total. The number of nitrogens with two attached hydrogens (primary N) is 1. The fourth-order valence-corrected chi connectivity index (χ4v) is 1.56. The highest BCUT2D eigenvalue weighted by Gasteiger charge is 2.22. The number of hydrazine groups is 1. The van der Waals surface area contributed by atoms with Gasteiger partial charge in [0.1, 0.15) is 0 Å². The minimum Gasteiger partial charge on any atom is -0.379 e. The highest BCUT2D eigenvalue weighted by atomic mass is 16.5. The molecule has 0 aliphatic heterocycles. The summed E-state index contributed by atoms with van der Waals surface area (Å²) >= 11 is 0. The number of hydrogen-bond acceptors (Lipinski definition) is 5. The molecule has 0 spiro atoms. The Balaban J connectivity index is 2.77. The van der Waals surface area contributed by atoms with E-state index in [9.17, 15) is 0 Å². The van der Waals surface area contributed by atoms with Crippen LogP contribution in [0.25, 0.3) is 0 Å². The number of nitrogens with zero attached hydrogens (tertiary/aromatic N) is 2. The van der Waals surface area contributed by atoms with Crippen molar-refractivity contribution in [2.75, 3.05) is 7.11 Å². The van der Waals surface area contributed by atoms with Crippen molar-refractivity contribution in [2.24, 2.45) is 5.84 Å². The van der Waals surface area contributed by atoms with Crippen LogP contribution in [0.1, 0.15) is 31.5 Å². The summed E-state index contributed by atoms with van der Waals surface area (Å²) in [5.41, 5.74) is 3.53. The molecule has 1 aromatic heterocycles. The van der Waals surface area contributed by atoms with Crippen LogP contribution in [0.15, 0.2) is 18.6 Å². The Morgan fingerprint density at radius 1 is 1.53 bits per heavy atom. The van der Waals surface area contributed by atoms with Crippen molar-refractivity contribution in [2.45, 2.75) is 31.9 Å². The molecule has 0 bridgehead atoms. The van der Waals surface area contributed by atoms with Gasteiger partial charge in [-0.3, -0.25) is 15.8 Å². The number of aromatic nitrogens is 2. The number of nitrogens with one attached hydrogen (secondary N) is 1. The van der Waals surface area contributed by atoms with E-state index < -0.39 is 0 Å². The lowest BCUT2D eigenvalue weighted by Crippen LogP contribution is -2.38. The van der Waals surface area contributed by atoms with E-state index in [0.29, 0.717) is 0 Å². The van der Waals surface area contributed by atoms with Crippen molar-refractivity contribution >= 4 is 0 Å². The van der Waals surface area contributed by atoms with E-state index >= 15 is 0 Å². The summed E-state index contributed by atoms with van der Waals surface area (Å²) < 4.78 is 5.39. The van der Waals surface area contributed by atoms with Crippen LogP contribution < -0.4 is 11.3 Å². The number of ether oxygens (including phenoxy) is 1. The van der Waals surface area contributed by atoms with Crippen LogP contribution in [0.3, 0.4) is 0 Å². The molecule has 2 unspecified atom stereocenters. The number of rotatable bonds is 6. The van der Waals surface area contributed by atoms with Gasteiger partial charge in [0.05, 0.1) is 24.0 Å². The fraction of sp³-hybridized carbons (Fsp3) is 0.600. The van der Waals surface area contributed by atoms with Crippen LogP contribution >= 0.6 is 0 Å². The second-order valence-electron chi connectivity index (χ2n) is 3.34. The standard InChI is InChI=1S/C10H18N4O/c1-3-4-9(15-2)10(14-11)8-7-12-5-6-13-8/h5-7,9-10,14H,3-4,11H2,1-2H3. The van der Waals surface area contributed by atoms with E-state index in [1.807, 2.05) is 0 Å². The Bertz CT molecular complexity index is 267. The summed E-state index contributed by atoms with van der Waals surface area (Å²) in [6.45, 7) is 2.11. The quantitative estimate of drug-likeness (QED) is 0.536. The third-order valence-electron chi connectivity index (χ3n) is 2.33. The van der Waals surface area contributed by atoms with E-state index in [4.69, 9.17) is 10.6 Å². The maximum Gasteiger partial charge on any atom is 0.0908 e. The lowest BCUT2D eigenvalue weighted by Gasteiger charge is -2.24. The smallest absolute Gasteiger partial charge is 0.0908 e. The Labute approximate surface area is 90.0 Å². The SMILES string of the molecule is CCCC(OC)C(NN)c1cnccn1. The second-order valence-corrected chi connectivity index (χ2v) is 3.34. The molecule has 0 saturated heterocycles. The summed E-state index contributed by atoms with van der Waals surface area (Å²) in [6.07, 6.45) is 6.99. The van der Waals surface area contributed by atoms with E-state index in [-0.39, 0.29) is 12.1 Å². The highest BCUT2D eigenvalue weighted by molar-refractivity contribution is 5.04. The predicted octanol–water partition coefficient (Wildman–Crippen LogP) is 0.796. The molecule has 1 heterocycles. The molecule has 0 fully saturated rings. The van der Waals surface area contributed by atoms with E-state index in [2.05, 4.69) is 22.3 Å². The Morgan fingerprint density at radius 2 is 2.33 bits per heavy atom. The van der Waals surface area contributed by atoms with Crippen molar-refractivity contribution in [1.29, 1.82) is 0 Å². The van der Waals surface area contributed by atoms with Gasteiger partial charge in [-0.1, -0.05) is 13.3 Å². The summed E-state index contributed by atoms with van der Waals surface area (Å²) in [4.78, 5) is 8.23. The molecular weight excluding hydrogens is 192 g/mol. The molecule has 3 N–H and O–H groups in total. The number of hydrogen-bond donors (Lipinski definition) is 2. The largest absolute Gasteiger partial charge is 0.379 e. The Hall–Kier alpha value is -1.04. The fourth-order valence-electron chi connectivity index (χ4n) is 1.56. The molecular formula is C10H18N4O. The zero-order chi connectivity index (χ0) is 11.1. The first-order valence-electron chi connectivity index (χ1n) is 5.08. The molecule has 0 aliphatic carbocycles. The lowest BCUT2D eigenvalue weighted by molar-refractivity contribution is 0.0592. The third-order valence-corrected chi connectivity index (χ3v) is 2.33. The first kappa shape index (κ1) is 12.0. The van der Waals surface area contributed by atoms with Crippen LogP contribution in [-0.4, -0.2) is 23.2 Å². The van der Waals surface area contributed by atoms with Crippen LogP contribution in [0.4, 0.5) is 0 Å². The van der Waals surface area contributed by atoms with Gasteiger partial charge in [0.15, 0.2) is 0 Å². The molecule has 84 valence electrons. The minimum absolute atomic E-state index is 0.0247. The van der Waals surface area contributed by atoms with Crippen molar-refractivity contribution in [3.8, 4) is 0 Å².